The summed E-state index contributed by atoms with van der Waals surface area (Å²) in [6, 6.07) is 12.3. The molecule has 3 N–H and O–H groups in total. The van der Waals surface area contributed by atoms with Crippen LogP contribution in [0.3, 0.4) is 0 Å². The van der Waals surface area contributed by atoms with Gasteiger partial charge in [0.2, 0.25) is 0 Å². The highest BCUT2D eigenvalue weighted by Gasteiger charge is 2.05. The van der Waals surface area contributed by atoms with Gasteiger partial charge in [-0.05, 0) is 42.8 Å². The van der Waals surface area contributed by atoms with Crippen molar-refractivity contribution in [3.8, 4) is 11.5 Å². The van der Waals surface area contributed by atoms with Crippen molar-refractivity contribution in [1.82, 2.24) is 0 Å². The lowest BCUT2D eigenvalue weighted by atomic mass is 10.1. The maximum absolute atomic E-state index is 9.51. The summed E-state index contributed by atoms with van der Waals surface area (Å²) >= 11 is 5.82. The fraction of sp³-hybridized carbons (Fsp3) is 0.143. The second-order valence-electron chi connectivity index (χ2n) is 4.03. The SMILES string of the molecule is CC(O)c1cccc(Oc2ccc(Cl)cc2N)c1. The number of aliphatic hydroxyl groups excluding tert-OH is 1. The smallest absolute Gasteiger partial charge is 0.150 e. The van der Waals surface area contributed by atoms with Gasteiger partial charge in [0.1, 0.15) is 11.5 Å². The number of nitrogen functional groups attached to an aromatic ring is 1. The van der Waals surface area contributed by atoms with E-state index in [-0.39, 0.29) is 0 Å². The van der Waals surface area contributed by atoms with Crippen molar-refractivity contribution >= 4 is 17.3 Å². The summed E-state index contributed by atoms with van der Waals surface area (Å²) in [7, 11) is 0. The molecule has 0 saturated carbocycles. The molecule has 0 saturated heterocycles. The van der Waals surface area contributed by atoms with E-state index in [0.717, 1.165) is 5.56 Å². The van der Waals surface area contributed by atoms with Gasteiger partial charge in [0, 0.05) is 5.02 Å². The van der Waals surface area contributed by atoms with Gasteiger partial charge in [-0.3, -0.25) is 0 Å². The largest absolute Gasteiger partial charge is 0.455 e. The van der Waals surface area contributed by atoms with Crippen molar-refractivity contribution in [2.75, 3.05) is 5.73 Å². The molecule has 0 radical (unpaired) electrons. The zero-order valence-corrected chi connectivity index (χ0v) is 10.7. The molecule has 94 valence electrons. The van der Waals surface area contributed by atoms with E-state index >= 15 is 0 Å². The Morgan fingerprint density at radius 1 is 1.22 bits per heavy atom. The molecular formula is C14H14ClNO2. The number of halogens is 1. The van der Waals surface area contributed by atoms with Crippen LogP contribution in [0.4, 0.5) is 5.69 Å². The Bertz CT molecular complexity index is 555. The lowest BCUT2D eigenvalue weighted by Crippen LogP contribution is -1.94. The van der Waals surface area contributed by atoms with Crippen LogP contribution in [0, 0.1) is 0 Å². The van der Waals surface area contributed by atoms with E-state index in [1.54, 1.807) is 37.3 Å². The van der Waals surface area contributed by atoms with E-state index < -0.39 is 6.10 Å². The summed E-state index contributed by atoms with van der Waals surface area (Å²) in [5, 5.41) is 10.1. The van der Waals surface area contributed by atoms with Crippen LogP contribution in [-0.4, -0.2) is 5.11 Å². The molecule has 0 aliphatic rings. The van der Waals surface area contributed by atoms with Crippen LogP contribution in [0.15, 0.2) is 42.5 Å². The van der Waals surface area contributed by atoms with Gasteiger partial charge in [-0.25, -0.2) is 0 Å². The molecule has 0 aliphatic carbocycles. The first-order valence-corrected chi connectivity index (χ1v) is 5.95. The average Bonchev–Trinajstić information content (AvgIpc) is 2.33. The monoisotopic (exact) mass is 263 g/mol. The highest BCUT2D eigenvalue weighted by Crippen LogP contribution is 2.30. The van der Waals surface area contributed by atoms with Crippen LogP contribution in [-0.2, 0) is 0 Å². The van der Waals surface area contributed by atoms with Crippen molar-refractivity contribution in [2.24, 2.45) is 0 Å². The van der Waals surface area contributed by atoms with Gasteiger partial charge in [0.05, 0.1) is 11.8 Å². The number of hydrogen-bond acceptors (Lipinski definition) is 3. The summed E-state index contributed by atoms with van der Waals surface area (Å²) in [4.78, 5) is 0. The molecule has 2 rings (SSSR count). The molecule has 0 bridgehead atoms. The van der Waals surface area contributed by atoms with Crippen LogP contribution >= 0.6 is 11.6 Å². The molecule has 0 aromatic heterocycles. The number of ether oxygens (including phenoxy) is 1. The van der Waals surface area contributed by atoms with Crippen LogP contribution in [0.5, 0.6) is 11.5 Å². The van der Waals surface area contributed by atoms with Gasteiger partial charge >= 0.3 is 0 Å². The zero-order valence-electron chi connectivity index (χ0n) is 9.93. The Morgan fingerprint density at radius 2 is 2.00 bits per heavy atom. The molecule has 18 heavy (non-hydrogen) atoms. The topological polar surface area (TPSA) is 55.5 Å². The Hall–Kier alpha value is -1.71. The van der Waals surface area contributed by atoms with Crippen molar-refractivity contribution in [3.63, 3.8) is 0 Å². The van der Waals surface area contributed by atoms with Gasteiger partial charge in [0.15, 0.2) is 0 Å². The number of benzene rings is 2. The van der Waals surface area contributed by atoms with E-state index in [9.17, 15) is 5.11 Å². The molecule has 0 heterocycles. The summed E-state index contributed by atoms with van der Waals surface area (Å²) in [6.45, 7) is 1.70. The standard InChI is InChI=1S/C14H14ClNO2/c1-9(17)10-3-2-4-12(7-10)18-14-6-5-11(15)8-13(14)16/h2-9,17H,16H2,1H3. The summed E-state index contributed by atoms with van der Waals surface area (Å²) in [5.74, 6) is 1.17. The molecule has 2 aromatic rings. The van der Waals surface area contributed by atoms with Gasteiger partial charge in [-0.2, -0.15) is 0 Å². The number of aliphatic hydroxyl groups is 1. The number of rotatable bonds is 3. The van der Waals surface area contributed by atoms with Crippen molar-refractivity contribution < 1.29 is 9.84 Å². The van der Waals surface area contributed by atoms with E-state index in [1.807, 2.05) is 12.1 Å². The van der Waals surface area contributed by atoms with E-state index in [0.29, 0.717) is 22.2 Å². The quantitative estimate of drug-likeness (QED) is 0.829. The molecule has 0 spiro atoms. The molecule has 0 aliphatic heterocycles. The molecule has 3 nitrogen and oxygen atoms in total. The lowest BCUT2D eigenvalue weighted by Gasteiger charge is -2.11. The molecule has 0 fully saturated rings. The number of hydrogen-bond donors (Lipinski definition) is 2. The van der Waals surface area contributed by atoms with Gasteiger partial charge in [-0.1, -0.05) is 23.7 Å². The molecule has 0 amide bonds. The minimum absolute atomic E-state index is 0.477. The van der Waals surface area contributed by atoms with Crippen LogP contribution < -0.4 is 10.5 Å². The number of nitrogens with two attached hydrogens (primary N) is 1. The Balaban J connectivity index is 2.25. The summed E-state index contributed by atoms with van der Waals surface area (Å²) < 4.78 is 5.66. The first-order valence-electron chi connectivity index (χ1n) is 5.57. The first kappa shape index (κ1) is 12.7. The maximum atomic E-state index is 9.51. The van der Waals surface area contributed by atoms with Crippen molar-refractivity contribution in [1.29, 1.82) is 0 Å². The average molecular weight is 264 g/mol. The van der Waals surface area contributed by atoms with E-state index in [2.05, 4.69) is 0 Å². The van der Waals surface area contributed by atoms with Crippen molar-refractivity contribution in [3.05, 3.63) is 53.1 Å². The third-order valence-corrected chi connectivity index (χ3v) is 2.78. The van der Waals surface area contributed by atoms with Gasteiger partial charge < -0.3 is 15.6 Å². The Morgan fingerprint density at radius 3 is 2.67 bits per heavy atom. The lowest BCUT2D eigenvalue weighted by molar-refractivity contribution is 0.199. The molecule has 1 unspecified atom stereocenters. The van der Waals surface area contributed by atoms with Crippen LogP contribution in [0.1, 0.15) is 18.6 Å². The minimum Gasteiger partial charge on any atom is -0.455 e. The second kappa shape index (κ2) is 5.29. The fourth-order valence-corrected chi connectivity index (χ4v) is 1.76. The third-order valence-electron chi connectivity index (χ3n) is 2.54. The van der Waals surface area contributed by atoms with Crippen molar-refractivity contribution in [2.45, 2.75) is 13.0 Å². The predicted molar refractivity (Wildman–Crippen MR) is 73.0 cm³/mol. The summed E-state index contributed by atoms with van der Waals surface area (Å²) in [6.07, 6.45) is -0.531. The van der Waals surface area contributed by atoms with Crippen LogP contribution in [0.25, 0.3) is 0 Å². The fourth-order valence-electron chi connectivity index (χ4n) is 1.58. The highest BCUT2D eigenvalue weighted by molar-refractivity contribution is 6.30. The first-order chi connectivity index (χ1) is 8.56. The van der Waals surface area contributed by atoms with Gasteiger partial charge in [-0.15, -0.1) is 0 Å². The normalized spacial score (nSPS) is 12.2. The summed E-state index contributed by atoms with van der Waals surface area (Å²) in [5.41, 5.74) is 7.08. The van der Waals surface area contributed by atoms with E-state index in [1.165, 1.54) is 0 Å². The maximum Gasteiger partial charge on any atom is 0.150 e. The van der Waals surface area contributed by atoms with Gasteiger partial charge in [0.25, 0.3) is 0 Å². The minimum atomic E-state index is -0.531. The zero-order chi connectivity index (χ0) is 13.1. The molecule has 2 aromatic carbocycles. The predicted octanol–water partition coefficient (Wildman–Crippen LogP) is 3.77. The highest BCUT2D eigenvalue weighted by atomic mass is 35.5. The van der Waals surface area contributed by atoms with Crippen LogP contribution in [0.2, 0.25) is 5.02 Å². The second-order valence-corrected chi connectivity index (χ2v) is 4.47. The Labute approximate surface area is 111 Å². The molecular weight excluding hydrogens is 250 g/mol. The van der Waals surface area contributed by atoms with E-state index in [4.69, 9.17) is 22.1 Å². The Kier molecular flexibility index (Phi) is 3.75. The third kappa shape index (κ3) is 2.94. The molecule has 1 atom stereocenters. The number of anilines is 1. The molecule has 4 heteroatoms.